The summed E-state index contributed by atoms with van der Waals surface area (Å²) in [7, 11) is 0. The highest BCUT2D eigenvalue weighted by molar-refractivity contribution is 6.42. The average Bonchev–Trinajstić information content (AvgIpc) is 3.76. The first kappa shape index (κ1) is 31.6. The first-order valence-corrected chi connectivity index (χ1v) is 15.5. The Morgan fingerprint density at radius 3 is 1.80 bits per heavy atom. The first-order chi connectivity index (χ1) is 21.5. The van der Waals surface area contributed by atoms with Gasteiger partial charge in [-0.25, -0.2) is 4.39 Å². The van der Waals surface area contributed by atoms with Gasteiger partial charge in [-0.3, -0.25) is 15.0 Å². The normalized spacial score (nSPS) is 15.1. The van der Waals surface area contributed by atoms with Crippen molar-refractivity contribution in [1.29, 1.82) is 0 Å². The molecule has 1 aromatic heterocycles. The minimum absolute atomic E-state index is 0.0120. The second-order valence-electron chi connectivity index (χ2n) is 10.2. The van der Waals surface area contributed by atoms with E-state index >= 15 is 0 Å². The third-order valence-electron chi connectivity index (χ3n) is 7.16. The lowest BCUT2D eigenvalue weighted by atomic mass is 9.99. The zero-order valence-electron chi connectivity index (χ0n) is 23.9. The molecular formula is C33H33Cl3FN7. The molecule has 0 fully saturated rings. The van der Waals surface area contributed by atoms with Crippen LogP contribution in [0.2, 0.25) is 15.1 Å². The number of pyridine rings is 1. The predicted molar refractivity (Wildman–Crippen MR) is 178 cm³/mol. The van der Waals surface area contributed by atoms with Gasteiger partial charge in [-0.1, -0.05) is 89.4 Å². The number of nitrogens with one attached hydrogen (secondary N) is 4. The summed E-state index contributed by atoms with van der Waals surface area (Å²) in [4.78, 5) is 12.7. The van der Waals surface area contributed by atoms with Crippen LogP contribution in [0.1, 0.15) is 34.3 Å². The quantitative estimate of drug-likeness (QED) is 0.174. The van der Waals surface area contributed by atoms with Gasteiger partial charge in [0.2, 0.25) is 0 Å². The summed E-state index contributed by atoms with van der Waals surface area (Å²) in [5.74, 6) is 1.12. The molecule has 0 saturated heterocycles. The van der Waals surface area contributed by atoms with Crippen molar-refractivity contribution in [1.82, 2.24) is 26.3 Å². The molecule has 11 heteroatoms. The number of halogens is 4. The van der Waals surface area contributed by atoms with E-state index < -0.39 is 5.82 Å². The maximum absolute atomic E-state index is 14.4. The Balaban J connectivity index is 0.000000175. The average molecular weight is 653 g/mol. The predicted octanol–water partition coefficient (Wildman–Crippen LogP) is 6.53. The number of nitrogens with zero attached hydrogens (tertiary/aromatic N) is 3. The highest BCUT2D eigenvalue weighted by Crippen LogP contribution is 2.32. The summed E-state index contributed by atoms with van der Waals surface area (Å²) in [6.07, 6.45) is 4.88. The lowest BCUT2D eigenvalue weighted by molar-refractivity contribution is 0.554. The largest absolute Gasteiger partial charge is 0.355 e. The van der Waals surface area contributed by atoms with E-state index in [-0.39, 0.29) is 17.1 Å². The van der Waals surface area contributed by atoms with Gasteiger partial charge in [-0.15, -0.1) is 0 Å². The number of hydrogen-bond donors (Lipinski definition) is 4. The van der Waals surface area contributed by atoms with Gasteiger partial charge >= 0.3 is 0 Å². The molecule has 0 spiro atoms. The SMILES string of the molecule is Clc1cccc(C(Cc2ccccc2)NC2=NCCN2)c1Cl.Fc1c(Cl)cccc1C(Cc1ccncc1)NC1=NCCN1. The van der Waals surface area contributed by atoms with Crippen molar-refractivity contribution in [2.45, 2.75) is 24.9 Å². The van der Waals surface area contributed by atoms with Crippen LogP contribution in [0.4, 0.5) is 4.39 Å². The molecule has 2 aliphatic rings. The van der Waals surface area contributed by atoms with Crippen molar-refractivity contribution in [3.05, 3.63) is 134 Å². The summed E-state index contributed by atoms with van der Waals surface area (Å²) in [6, 6.07) is 24.7. The maximum atomic E-state index is 14.4. The number of aliphatic imine (C=N–C) groups is 2. The van der Waals surface area contributed by atoms with Crippen molar-refractivity contribution in [3.8, 4) is 0 Å². The molecule has 2 unspecified atom stereocenters. The Hall–Kier alpha value is -3.85. The molecule has 6 rings (SSSR count). The van der Waals surface area contributed by atoms with Gasteiger partial charge < -0.3 is 21.3 Å². The number of guanidine groups is 2. The Bertz CT molecular complexity index is 1470. The number of rotatable bonds is 8. The van der Waals surface area contributed by atoms with Crippen LogP contribution in [-0.2, 0) is 12.8 Å². The second kappa shape index (κ2) is 15.7. The molecule has 3 aromatic carbocycles. The summed E-state index contributed by atoms with van der Waals surface area (Å²) in [5.41, 5.74) is 3.80. The molecule has 0 amide bonds. The van der Waals surface area contributed by atoms with E-state index in [0.29, 0.717) is 28.0 Å². The first-order valence-electron chi connectivity index (χ1n) is 14.4. The van der Waals surface area contributed by atoms with Crippen LogP contribution in [0.15, 0.2) is 101 Å². The smallest absolute Gasteiger partial charge is 0.191 e. The molecule has 4 N–H and O–H groups in total. The van der Waals surface area contributed by atoms with E-state index in [1.54, 1.807) is 36.7 Å². The van der Waals surface area contributed by atoms with E-state index in [1.807, 2.05) is 42.5 Å². The van der Waals surface area contributed by atoms with Crippen LogP contribution >= 0.6 is 34.8 Å². The summed E-state index contributed by atoms with van der Waals surface area (Å²) < 4.78 is 14.4. The fourth-order valence-corrected chi connectivity index (χ4v) is 5.60. The van der Waals surface area contributed by atoms with E-state index in [1.165, 1.54) is 5.56 Å². The molecule has 44 heavy (non-hydrogen) atoms. The Kier molecular flexibility index (Phi) is 11.3. The van der Waals surface area contributed by atoms with Gasteiger partial charge in [0, 0.05) is 31.0 Å². The van der Waals surface area contributed by atoms with Crippen molar-refractivity contribution >= 4 is 46.7 Å². The van der Waals surface area contributed by atoms with E-state index in [2.05, 4.69) is 48.4 Å². The number of aromatic nitrogens is 1. The van der Waals surface area contributed by atoms with E-state index in [0.717, 1.165) is 49.7 Å². The van der Waals surface area contributed by atoms with Crippen molar-refractivity contribution < 1.29 is 4.39 Å². The molecule has 2 atom stereocenters. The highest BCUT2D eigenvalue weighted by Gasteiger charge is 2.21. The lowest BCUT2D eigenvalue weighted by Gasteiger charge is -2.22. The third kappa shape index (κ3) is 8.62. The van der Waals surface area contributed by atoms with Gasteiger partial charge in [0.1, 0.15) is 5.82 Å². The topological polar surface area (TPSA) is 85.7 Å². The Labute approximate surface area is 272 Å². The molecule has 0 radical (unpaired) electrons. The van der Waals surface area contributed by atoms with Crippen LogP contribution in [0, 0.1) is 5.82 Å². The van der Waals surface area contributed by atoms with Crippen LogP contribution in [0.25, 0.3) is 0 Å². The van der Waals surface area contributed by atoms with E-state index in [9.17, 15) is 4.39 Å². The molecule has 3 heterocycles. The molecule has 0 aliphatic carbocycles. The molecule has 2 aliphatic heterocycles. The highest BCUT2D eigenvalue weighted by atomic mass is 35.5. The van der Waals surface area contributed by atoms with Gasteiger partial charge in [0.25, 0.3) is 0 Å². The summed E-state index contributed by atoms with van der Waals surface area (Å²) in [5, 5.41) is 14.4. The van der Waals surface area contributed by atoms with Crippen LogP contribution in [0.3, 0.4) is 0 Å². The fourth-order valence-electron chi connectivity index (χ4n) is 4.98. The molecule has 0 bridgehead atoms. The third-order valence-corrected chi connectivity index (χ3v) is 8.28. The Morgan fingerprint density at radius 1 is 0.659 bits per heavy atom. The van der Waals surface area contributed by atoms with Gasteiger partial charge in [-0.2, -0.15) is 0 Å². The van der Waals surface area contributed by atoms with Crippen LogP contribution in [0.5, 0.6) is 0 Å². The monoisotopic (exact) mass is 651 g/mol. The van der Waals surface area contributed by atoms with Crippen LogP contribution in [-0.4, -0.2) is 43.1 Å². The zero-order chi connectivity index (χ0) is 30.7. The Morgan fingerprint density at radius 2 is 1.20 bits per heavy atom. The fraction of sp³-hybridized carbons (Fsp3) is 0.242. The van der Waals surface area contributed by atoms with Gasteiger partial charge in [0.05, 0.1) is 40.2 Å². The van der Waals surface area contributed by atoms with E-state index in [4.69, 9.17) is 34.8 Å². The van der Waals surface area contributed by atoms with Crippen molar-refractivity contribution in [2.24, 2.45) is 9.98 Å². The van der Waals surface area contributed by atoms with Crippen molar-refractivity contribution in [2.75, 3.05) is 26.2 Å². The van der Waals surface area contributed by atoms with Crippen molar-refractivity contribution in [3.63, 3.8) is 0 Å². The van der Waals surface area contributed by atoms with Gasteiger partial charge in [0.15, 0.2) is 11.9 Å². The maximum Gasteiger partial charge on any atom is 0.191 e. The molecular weight excluding hydrogens is 620 g/mol. The molecule has 4 aromatic rings. The number of benzene rings is 3. The molecule has 228 valence electrons. The zero-order valence-corrected chi connectivity index (χ0v) is 26.2. The number of hydrogen-bond acceptors (Lipinski definition) is 7. The second-order valence-corrected chi connectivity index (χ2v) is 11.4. The summed E-state index contributed by atoms with van der Waals surface area (Å²) in [6.45, 7) is 3.18. The minimum atomic E-state index is -0.394. The summed E-state index contributed by atoms with van der Waals surface area (Å²) >= 11 is 18.5. The lowest BCUT2D eigenvalue weighted by Crippen LogP contribution is -2.37. The minimum Gasteiger partial charge on any atom is -0.355 e. The molecule has 0 saturated carbocycles. The van der Waals surface area contributed by atoms with Gasteiger partial charge in [-0.05, 0) is 53.8 Å². The standard InChI is InChI=1S/C17H17Cl2N3.C16H16ClFN4/c18-14-8-4-7-13(16(14)19)15(22-17-20-9-10-21-17)11-12-5-2-1-3-6-12;17-13-3-1-2-12(15(13)18)14(22-16-20-8-9-21-16)10-11-4-6-19-7-5-11/h1-8,15H,9-11H2,(H2,20,21,22);1-7,14H,8-10H2,(H2,20,21,22). The molecule has 7 nitrogen and oxygen atoms in total. The van der Waals surface area contributed by atoms with Crippen LogP contribution < -0.4 is 21.3 Å².